The number of hydrogen-bond acceptors (Lipinski definition) is 5. The summed E-state index contributed by atoms with van der Waals surface area (Å²) in [4.78, 5) is 20.7. The van der Waals surface area contributed by atoms with E-state index in [0.29, 0.717) is 41.2 Å². The zero-order valence-electron chi connectivity index (χ0n) is 14.2. The molecule has 26 heavy (non-hydrogen) atoms. The van der Waals surface area contributed by atoms with Crippen LogP contribution < -0.4 is 10.6 Å². The Morgan fingerprint density at radius 3 is 2.96 bits per heavy atom. The average Bonchev–Trinajstić information content (AvgIpc) is 3.15. The van der Waals surface area contributed by atoms with E-state index < -0.39 is 0 Å². The quantitative estimate of drug-likeness (QED) is 0.752. The van der Waals surface area contributed by atoms with Crippen LogP contribution in [0.15, 0.2) is 30.5 Å². The minimum atomic E-state index is -0.252. The Morgan fingerprint density at radius 1 is 1.31 bits per heavy atom. The van der Waals surface area contributed by atoms with Crippen molar-refractivity contribution in [2.45, 2.75) is 25.4 Å². The predicted octanol–water partition coefficient (Wildman–Crippen LogP) is 3.35. The van der Waals surface area contributed by atoms with Gasteiger partial charge in [0.25, 0.3) is 5.91 Å². The van der Waals surface area contributed by atoms with Crippen molar-refractivity contribution in [2.24, 2.45) is 0 Å². The SMILES string of the molecule is O=C(NCCc1ccc(Cl)cc1Cl)c1ccnc(NCC2CCCO2)n1. The lowest BCUT2D eigenvalue weighted by atomic mass is 10.1. The number of amides is 1. The van der Waals surface area contributed by atoms with Crippen LogP contribution in [0.3, 0.4) is 0 Å². The van der Waals surface area contributed by atoms with Crippen molar-refractivity contribution in [3.8, 4) is 0 Å². The Bertz CT molecular complexity index is 767. The highest BCUT2D eigenvalue weighted by Crippen LogP contribution is 2.21. The van der Waals surface area contributed by atoms with Gasteiger partial charge in [0.2, 0.25) is 5.95 Å². The van der Waals surface area contributed by atoms with Crippen LogP contribution in [0.25, 0.3) is 0 Å². The molecule has 1 unspecified atom stereocenters. The first-order valence-electron chi connectivity index (χ1n) is 8.52. The average molecular weight is 395 g/mol. The van der Waals surface area contributed by atoms with Crippen LogP contribution in [0.1, 0.15) is 28.9 Å². The summed E-state index contributed by atoms with van der Waals surface area (Å²) < 4.78 is 5.55. The van der Waals surface area contributed by atoms with Gasteiger partial charge in [-0.1, -0.05) is 29.3 Å². The zero-order chi connectivity index (χ0) is 18.4. The molecule has 1 atom stereocenters. The fourth-order valence-corrected chi connectivity index (χ4v) is 3.21. The molecule has 2 aromatic rings. The van der Waals surface area contributed by atoms with Crippen LogP contribution in [-0.4, -0.2) is 41.7 Å². The first kappa shape index (κ1) is 18.9. The third-order valence-electron chi connectivity index (χ3n) is 4.10. The fraction of sp³-hybridized carbons (Fsp3) is 0.389. The van der Waals surface area contributed by atoms with E-state index in [1.807, 2.05) is 6.07 Å². The van der Waals surface area contributed by atoms with Gasteiger partial charge in [-0.2, -0.15) is 0 Å². The molecular formula is C18H20Cl2N4O2. The minimum Gasteiger partial charge on any atom is -0.376 e. The number of aromatic nitrogens is 2. The molecule has 1 aromatic heterocycles. The number of nitrogens with one attached hydrogen (secondary N) is 2. The summed E-state index contributed by atoms with van der Waals surface area (Å²) in [6.45, 7) is 1.89. The van der Waals surface area contributed by atoms with Crippen LogP contribution in [-0.2, 0) is 11.2 Å². The molecule has 6 nitrogen and oxygen atoms in total. The maximum Gasteiger partial charge on any atom is 0.270 e. The molecule has 3 rings (SSSR count). The molecule has 0 aliphatic carbocycles. The lowest BCUT2D eigenvalue weighted by molar-refractivity contribution is 0.0949. The third-order valence-corrected chi connectivity index (χ3v) is 4.68. The monoisotopic (exact) mass is 394 g/mol. The Hall–Kier alpha value is -1.89. The van der Waals surface area contributed by atoms with Crippen LogP contribution in [0.4, 0.5) is 5.95 Å². The number of carbonyl (C=O) groups is 1. The highest BCUT2D eigenvalue weighted by atomic mass is 35.5. The topological polar surface area (TPSA) is 76.1 Å². The lowest BCUT2D eigenvalue weighted by Crippen LogP contribution is -2.27. The summed E-state index contributed by atoms with van der Waals surface area (Å²) in [6, 6.07) is 6.91. The molecule has 1 aliphatic heterocycles. The summed E-state index contributed by atoms with van der Waals surface area (Å²) in [5.41, 5.74) is 1.25. The van der Waals surface area contributed by atoms with E-state index in [1.54, 1.807) is 24.4 Å². The summed E-state index contributed by atoms with van der Waals surface area (Å²) in [5.74, 6) is 0.173. The second-order valence-electron chi connectivity index (χ2n) is 6.02. The molecule has 0 bridgehead atoms. The Morgan fingerprint density at radius 2 is 2.19 bits per heavy atom. The summed E-state index contributed by atoms with van der Waals surface area (Å²) in [7, 11) is 0. The Labute approximate surface area is 162 Å². The fourth-order valence-electron chi connectivity index (χ4n) is 2.71. The number of benzene rings is 1. The molecule has 1 saturated heterocycles. The molecular weight excluding hydrogens is 375 g/mol. The van der Waals surface area contributed by atoms with E-state index in [2.05, 4.69) is 20.6 Å². The van der Waals surface area contributed by atoms with E-state index >= 15 is 0 Å². The second-order valence-corrected chi connectivity index (χ2v) is 6.87. The molecule has 0 spiro atoms. The minimum absolute atomic E-state index is 0.181. The number of rotatable bonds is 7. The van der Waals surface area contributed by atoms with E-state index in [9.17, 15) is 4.79 Å². The first-order valence-corrected chi connectivity index (χ1v) is 9.28. The van der Waals surface area contributed by atoms with Crippen molar-refractivity contribution >= 4 is 35.1 Å². The van der Waals surface area contributed by atoms with E-state index in [4.69, 9.17) is 27.9 Å². The molecule has 138 valence electrons. The number of halogens is 2. The molecule has 1 aliphatic rings. The number of carbonyl (C=O) groups excluding carboxylic acids is 1. The standard InChI is InChI=1S/C18H20Cl2N4O2/c19-13-4-3-12(15(20)10-13)5-7-21-17(25)16-6-8-22-18(24-16)23-11-14-2-1-9-26-14/h3-4,6,8,10,14H,1-2,5,7,9,11H2,(H,21,25)(H,22,23,24). The van der Waals surface area contributed by atoms with Gasteiger partial charge in [-0.05, 0) is 43.0 Å². The van der Waals surface area contributed by atoms with Crippen molar-refractivity contribution < 1.29 is 9.53 Å². The van der Waals surface area contributed by atoms with Crippen molar-refractivity contribution in [3.63, 3.8) is 0 Å². The zero-order valence-corrected chi connectivity index (χ0v) is 15.7. The second kappa shape index (κ2) is 9.16. The molecule has 8 heteroatoms. The Kier molecular flexibility index (Phi) is 6.66. The van der Waals surface area contributed by atoms with Gasteiger partial charge >= 0.3 is 0 Å². The van der Waals surface area contributed by atoms with Gasteiger partial charge in [-0.15, -0.1) is 0 Å². The van der Waals surface area contributed by atoms with E-state index in [1.165, 1.54) is 0 Å². The largest absolute Gasteiger partial charge is 0.376 e. The molecule has 1 fully saturated rings. The van der Waals surface area contributed by atoms with Crippen molar-refractivity contribution in [3.05, 3.63) is 51.8 Å². The van der Waals surface area contributed by atoms with Gasteiger partial charge < -0.3 is 15.4 Å². The normalized spacial score (nSPS) is 16.5. The van der Waals surface area contributed by atoms with Crippen molar-refractivity contribution in [1.29, 1.82) is 0 Å². The number of nitrogens with zero attached hydrogens (tertiary/aromatic N) is 2. The van der Waals surface area contributed by atoms with Gasteiger partial charge in [0.1, 0.15) is 5.69 Å². The van der Waals surface area contributed by atoms with Gasteiger partial charge in [-0.3, -0.25) is 4.79 Å². The van der Waals surface area contributed by atoms with Crippen molar-refractivity contribution in [2.75, 3.05) is 25.0 Å². The van der Waals surface area contributed by atoms with Crippen LogP contribution in [0.5, 0.6) is 0 Å². The van der Waals surface area contributed by atoms with Gasteiger partial charge in [0, 0.05) is 35.9 Å². The van der Waals surface area contributed by atoms with Gasteiger partial charge in [0.05, 0.1) is 6.10 Å². The molecule has 2 N–H and O–H groups in total. The third kappa shape index (κ3) is 5.30. The molecule has 2 heterocycles. The van der Waals surface area contributed by atoms with E-state index in [0.717, 1.165) is 25.0 Å². The first-order chi connectivity index (χ1) is 12.6. The molecule has 0 saturated carbocycles. The number of anilines is 1. The summed E-state index contributed by atoms with van der Waals surface area (Å²) in [6.07, 6.45) is 4.46. The highest BCUT2D eigenvalue weighted by molar-refractivity contribution is 6.35. The van der Waals surface area contributed by atoms with Gasteiger partial charge in [0.15, 0.2) is 0 Å². The smallest absolute Gasteiger partial charge is 0.270 e. The molecule has 1 amide bonds. The number of ether oxygens (including phenoxy) is 1. The lowest BCUT2D eigenvalue weighted by Gasteiger charge is -2.11. The highest BCUT2D eigenvalue weighted by Gasteiger charge is 2.16. The molecule has 0 radical (unpaired) electrons. The summed E-state index contributed by atoms with van der Waals surface area (Å²) in [5, 5.41) is 7.14. The van der Waals surface area contributed by atoms with Gasteiger partial charge in [-0.25, -0.2) is 9.97 Å². The van der Waals surface area contributed by atoms with Crippen LogP contribution in [0.2, 0.25) is 10.0 Å². The molecule has 1 aromatic carbocycles. The maximum absolute atomic E-state index is 12.3. The van der Waals surface area contributed by atoms with Crippen LogP contribution >= 0.6 is 23.2 Å². The number of hydrogen-bond donors (Lipinski definition) is 2. The maximum atomic E-state index is 12.3. The van der Waals surface area contributed by atoms with E-state index in [-0.39, 0.29) is 12.0 Å². The van der Waals surface area contributed by atoms with Crippen LogP contribution in [0, 0.1) is 0 Å². The van der Waals surface area contributed by atoms with Crippen molar-refractivity contribution in [1.82, 2.24) is 15.3 Å². The summed E-state index contributed by atoms with van der Waals surface area (Å²) >= 11 is 12.0. The Balaban J connectivity index is 1.50. The predicted molar refractivity (Wildman–Crippen MR) is 102 cm³/mol.